The van der Waals surface area contributed by atoms with Crippen molar-refractivity contribution in [1.29, 1.82) is 0 Å². The highest BCUT2D eigenvalue weighted by Gasteiger charge is 2.33. The molecule has 0 aliphatic carbocycles. The van der Waals surface area contributed by atoms with E-state index in [1.54, 1.807) is 6.92 Å². The summed E-state index contributed by atoms with van der Waals surface area (Å²) < 4.78 is 0. The molecular weight excluding hydrogens is 210 g/mol. The molecule has 0 aromatic rings. The van der Waals surface area contributed by atoms with Gasteiger partial charge in [0, 0.05) is 19.0 Å². The first-order valence-electron chi connectivity index (χ1n) is 7.41. The summed E-state index contributed by atoms with van der Waals surface area (Å²) in [4.78, 5) is 14.1. The summed E-state index contributed by atoms with van der Waals surface area (Å²) in [5.41, 5.74) is 0. The van der Waals surface area contributed by atoms with Crippen LogP contribution in [0.4, 0.5) is 0 Å². The Hall–Kier alpha value is -0.370. The van der Waals surface area contributed by atoms with Crippen LogP contribution >= 0.6 is 0 Å². The Bertz CT molecular complexity index is 227. The summed E-state index contributed by atoms with van der Waals surface area (Å²) in [6.07, 6.45) is 7.86. The average molecular weight is 239 g/mol. The zero-order valence-corrected chi connectivity index (χ0v) is 11.9. The molecule has 1 heterocycles. The Morgan fingerprint density at radius 2 is 1.82 bits per heavy atom. The monoisotopic (exact) mass is 239 g/mol. The highest BCUT2D eigenvalue weighted by atomic mass is 16.1. The molecule has 1 aliphatic rings. The lowest BCUT2D eigenvalue weighted by atomic mass is 9.91. The van der Waals surface area contributed by atoms with Crippen molar-refractivity contribution >= 4 is 5.78 Å². The van der Waals surface area contributed by atoms with E-state index in [1.807, 2.05) is 0 Å². The van der Waals surface area contributed by atoms with E-state index < -0.39 is 0 Å². The molecule has 2 nitrogen and oxygen atoms in total. The molecule has 0 aromatic carbocycles. The second-order valence-electron chi connectivity index (χ2n) is 5.56. The first-order chi connectivity index (χ1) is 8.19. The number of likely N-dealkylation sites (tertiary alicyclic amines) is 1. The van der Waals surface area contributed by atoms with Gasteiger partial charge in [0.15, 0.2) is 0 Å². The largest absolute Gasteiger partial charge is 0.302 e. The van der Waals surface area contributed by atoms with E-state index in [4.69, 9.17) is 0 Å². The molecule has 0 saturated carbocycles. The predicted octanol–water partition coefficient (Wildman–Crippen LogP) is 3.50. The molecule has 0 aromatic heterocycles. The SMILES string of the molecule is CCCCCCCN1C[C@@H](CC)[C@@H](C(C)=O)C1. The molecule has 1 saturated heterocycles. The van der Waals surface area contributed by atoms with Gasteiger partial charge in [0.1, 0.15) is 5.78 Å². The van der Waals surface area contributed by atoms with Crippen LogP contribution in [0.15, 0.2) is 0 Å². The van der Waals surface area contributed by atoms with Crippen molar-refractivity contribution in [1.82, 2.24) is 4.90 Å². The predicted molar refractivity (Wildman–Crippen MR) is 73.2 cm³/mol. The molecule has 2 atom stereocenters. The van der Waals surface area contributed by atoms with Gasteiger partial charge in [0.05, 0.1) is 0 Å². The van der Waals surface area contributed by atoms with E-state index in [-0.39, 0.29) is 0 Å². The fourth-order valence-corrected chi connectivity index (χ4v) is 2.96. The lowest BCUT2D eigenvalue weighted by molar-refractivity contribution is -0.121. The van der Waals surface area contributed by atoms with Crippen LogP contribution in [0.3, 0.4) is 0 Å². The Kier molecular flexibility index (Phi) is 6.79. The van der Waals surface area contributed by atoms with E-state index >= 15 is 0 Å². The number of ketones is 1. The lowest BCUT2D eigenvalue weighted by Gasteiger charge is -2.15. The van der Waals surface area contributed by atoms with Gasteiger partial charge in [-0.15, -0.1) is 0 Å². The van der Waals surface area contributed by atoms with Crippen LogP contribution in [0, 0.1) is 11.8 Å². The van der Waals surface area contributed by atoms with Gasteiger partial charge in [-0.3, -0.25) is 4.79 Å². The zero-order valence-electron chi connectivity index (χ0n) is 11.9. The third-order valence-electron chi connectivity index (χ3n) is 4.14. The molecule has 100 valence electrons. The second kappa shape index (κ2) is 7.86. The maximum Gasteiger partial charge on any atom is 0.134 e. The topological polar surface area (TPSA) is 20.3 Å². The second-order valence-corrected chi connectivity index (χ2v) is 5.56. The van der Waals surface area contributed by atoms with Crippen molar-refractivity contribution in [3.8, 4) is 0 Å². The Morgan fingerprint density at radius 1 is 1.12 bits per heavy atom. The maximum absolute atomic E-state index is 11.5. The van der Waals surface area contributed by atoms with Crippen molar-refractivity contribution in [2.45, 2.75) is 59.3 Å². The quantitative estimate of drug-likeness (QED) is 0.604. The summed E-state index contributed by atoms with van der Waals surface area (Å²) in [6.45, 7) is 9.59. The number of rotatable bonds is 8. The lowest BCUT2D eigenvalue weighted by Crippen LogP contribution is -2.23. The van der Waals surface area contributed by atoms with E-state index in [1.165, 1.54) is 38.6 Å². The molecule has 0 amide bonds. The Balaban J connectivity index is 2.21. The minimum Gasteiger partial charge on any atom is -0.302 e. The number of unbranched alkanes of at least 4 members (excludes halogenated alkanes) is 4. The fraction of sp³-hybridized carbons (Fsp3) is 0.933. The molecule has 17 heavy (non-hydrogen) atoms. The normalized spacial score (nSPS) is 25.4. The van der Waals surface area contributed by atoms with E-state index in [2.05, 4.69) is 18.7 Å². The summed E-state index contributed by atoms with van der Waals surface area (Å²) >= 11 is 0. The van der Waals surface area contributed by atoms with Gasteiger partial charge in [-0.2, -0.15) is 0 Å². The maximum atomic E-state index is 11.5. The van der Waals surface area contributed by atoms with Gasteiger partial charge in [-0.05, 0) is 25.8 Å². The Labute approximate surface area is 107 Å². The van der Waals surface area contributed by atoms with Crippen molar-refractivity contribution in [3.63, 3.8) is 0 Å². The van der Waals surface area contributed by atoms with Gasteiger partial charge >= 0.3 is 0 Å². The van der Waals surface area contributed by atoms with Gasteiger partial charge in [-0.25, -0.2) is 0 Å². The van der Waals surface area contributed by atoms with Crippen LogP contribution in [0.2, 0.25) is 0 Å². The fourth-order valence-electron chi connectivity index (χ4n) is 2.96. The summed E-state index contributed by atoms with van der Waals surface area (Å²) in [5.74, 6) is 1.32. The molecule has 0 N–H and O–H groups in total. The highest BCUT2D eigenvalue weighted by Crippen LogP contribution is 2.27. The molecule has 0 unspecified atom stereocenters. The van der Waals surface area contributed by atoms with Crippen LogP contribution < -0.4 is 0 Å². The first kappa shape index (κ1) is 14.7. The molecular formula is C15H29NO. The first-order valence-corrected chi connectivity index (χ1v) is 7.41. The van der Waals surface area contributed by atoms with Gasteiger partial charge in [-0.1, -0.05) is 46.0 Å². The molecule has 1 aliphatic heterocycles. The molecule has 0 spiro atoms. The minimum atomic E-state index is 0.315. The van der Waals surface area contributed by atoms with E-state index in [9.17, 15) is 4.79 Å². The number of carbonyl (C=O) groups excluding carboxylic acids is 1. The van der Waals surface area contributed by atoms with Crippen molar-refractivity contribution < 1.29 is 4.79 Å². The average Bonchev–Trinajstić information content (AvgIpc) is 2.72. The molecule has 0 radical (unpaired) electrons. The van der Waals surface area contributed by atoms with Crippen LogP contribution in [-0.4, -0.2) is 30.3 Å². The highest BCUT2D eigenvalue weighted by molar-refractivity contribution is 5.79. The van der Waals surface area contributed by atoms with Crippen molar-refractivity contribution in [3.05, 3.63) is 0 Å². The third-order valence-corrected chi connectivity index (χ3v) is 4.14. The van der Waals surface area contributed by atoms with Crippen LogP contribution in [0.1, 0.15) is 59.3 Å². The van der Waals surface area contributed by atoms with Crippen LogP contribution in [-0.2, 0) is 4.79 Å². The molecule has 0 bridgehead atoms. The van der Waals surface area contributed by atoms with Crippen molar-refractivity contribution in [2.24, 2.45) is 11.8 Å². The van der Waals surface area contributed by atoms with Gasteiger partial charge < -0.3 is 4.90 Å². The van der Waals surface area contributed by atoms with Crippen LogP contribution in [0.25, 0.3) is 0 Å². The van der Waals surface area contributed by atoms with E-state index in [0.29, 0.717) is 17.6 Å². The summed E-state index contributed by atoms with van der Waals surface area (Å²) in [7, 11) is 0. The van der Waals surface area contributed by atoms with Gasteiger partial charge in [0.25, 0.3) is 0 Å². The molecule has 1 fully saturated rings. The van der Waals surface area contributed by atoms with Crippen LogP contribution in [0.5, 0.6) is 0 Å². The molecule has 1 rings (SSSR count). The zero-order chi connectivity index (χ0) is 12.7. The summed E-state index contributed by atoms with van der Waals surface area (Å²) in [5, 5.41) is 0. The smallest absolute Gasteiger partial charge is 0.134 e. The number of hydrogen-bond donors (Lipinski definition) is 0. The minimum absolute atomic E-state index is 0.315. The standard InChI is InChI=1S/C15H29NO/c1-4-6-7-8-9-10-16-11-14(5-2)15(12-16)13(3)17/h14-15H,4-12H2,1-3H3/t14-,15-/m1/s1. The van der Waals surface area contributed by atoms with E-state index in [0.717, 1.165) is 19.5 Å². The number of Topliss-reactive ketones (excluding diaryl/α,β-unsaturated/α-hetero) is 1. The number of carbonyl (C=O) groups is 1. The van der Waals surface area contributed by atoms with Crippen molar-refractivity contribution in [2.75, 3.05) is 19.6 Å². The Morgan fingerprint density at radius 3 is 2.35 bits per heavy atom. The number of hydrogen-bond acceptors (Lipinski definition) is 2. The van der Waals surface area contributed by atoms with Gasteiger partial charge in [0.2, 0.25) is 0 Å². The summed E-state index contributed by atoms with van der Waals surface area (Å²) in [6, 6.07) is 0. The number of nitrogens with zero attached hydrogens (tertiary/aromatic N) is 1. The third kappa shape index (κ3) is 4.79. The molecule has 2 heteroatoms.